The van der Waals surface area contributed by atoms with Crippen LogP contribution in [0.25, 0.3) is 27.8 Å². The van der Waals surface area contributed by atoms with Gasteiger partial charge in [-0.15, -0.1) is 0 Å². The van der Waals surface area contributed by atoms with Crippen LogP contribution in [0.4, 0.5) is 0 Å². The van der Waals surface area contributed by atoms with E-state index in [4.69, 9.17) is 26.5 Å². The van der Waals surface area contributed by atoms with Crippen LogP contribution in [-0.2, 0) is 6.54 Å². The minimum absolute atomic E-state index is 0.227. The molecule has 3 heterocycles. The topological polar surface area (TPSA) is 78.0 Å². The number of halogens is 1. The number of aromatic nitrogens is 5. The first-order valence-corrected chi connectivity index (χ1v) is 12.2. The fourth-order valence-corrected chi connectivity index (χ4v) is 4.85. The number of nitrogens with zero attached hydrogens (tertiary/aromatic N) is 5. The SMILES string of the molecule is COc1nc(Cl)ccc1-n1nc(-c2cccc3nn(C[C@H](O)c4ccccc4)cc23)c(C(C)C)c1C. The third-order valence-corrected chi connectivity index (χ3v) is 6.58. The minimum Gasteiger partial charge on any atom is -0.479 e. The maximum Gasteiger partial charge on any atom is 0.241 e. The van der Waals surface area contributed by atoms with Gasteiger partial charge in [-0.1, -0.05) is 67.9 Å². The molecule has 0 unspecified atom stereocenters. The van der Waals surface area contributed by atoms with E-state index in [1.54, 1.807) is 17.9 Å². The van der Waals surface area contributed by atoms with E-state index in [2.05, 4.69) is 31.8 Å². The highest BCUT2D eigenvalue weighted by Gasteiger charge is 2.23. The van der Waals surface area contributed by atoms with Crippen molar-refractivity contribution in [3.8, 4) is 22.8 Å². The lowest BCUT2D eigenvalue weighted by Gasteiger charge is -2.11. The van der Waals surface area contributed by atoms with Crippen LogP contribution in [0.3, 0.4) is 0 Å². The number of aliphatic hydroxyl groups excluding tert-OH is 1. The summed E-state index contributed by atoms with van der Waals surface area (Å²) in [6.45, 7) is 6.74. The largest absolute Gasteiger partial charge is 0.479 e. The Bertz CT molecular complexity index is 1520. The van der Waals surface area contributed by atoms with Crippen molar-refractivity contribution in [1.29, 1.82) is 0 Å². The molecule has 0 bridgehead atoms. The summed E-state index contributed by atoms with van der Waals surface area (Å²) in [7, 11) is 1.57. The molecule has 8 heteroatoms. The molecule has 0 radical (unpaired) electrons. The van der Waals surface area contributed by atoms with Crippen LogP contribution in [0, 0.1) is 6.92 Å². The second-order valence-electron chi connectivity index (χ2n) is 9.09. The van der Waals surface area contributed by atoms with Gasteiger partial charge < -0.3 is 9.84 Å². The first-order valence-electron chi connectivity index (χ1n) is 11.9. The molecule has 2 aromatic carbocycles. The fraction of sp³-hybridized carbons (Fsp3) is 0.250. The Balaban J connectivity index is 1.61. The van der Waals surface area contributed by atoms with Gasteiger partial charge in [0, 0.05) is 28.4 Å². The van der Waals surface area contributed by atoms with Crippen LogP contribution in [-0.4, -0.2) is 36.8 Å². The summed E-state index contributed by atoms with van der Waals surface area (Å²) in [4.78, 5) is 4.32. The number of benzene rings is 2. The molecule has 36 heavy (non-hydrogen) atoms. The van der Waals surface area contributed by atoms with Gasteiger partial charge in [0.1, 0.15) is 10.8 Å². The van der Waals surface area contributed by atoms with Gasteiger partial charge in [0.2, 0.25) is 5.88 Å². The lowest BCUT2D eigenvalue weighted by atomic mass is 9.95. The fourth-order valence-electron chi connectivity index (χ4n) is 4.71. The Hall–Kier alpha value is -3.68. The quantitative estimate of drug-likeness (QED) is 0.272. The molecule has 0 spiro atoms. The Morgan fingerprint density at radius 1 is 1.00 bits per heavy atom. The Morgan fingerprint density at radius 2 is 1.78 bits per heavy atom. The summed E-state index contributed by atoms with van der Waals surface area (Å²) < 4.78 is 9.18. The molecule has 7 nitrogen and oxygen atoms in total. The van der Waals surface area contributed by atoms with Crippen LogP contribution in [0.5, 0.6) is 5.88 Å². The van der Waals surface area contributed by atoms with Crippen molar-refractivity contribution < 1.29 is 9.84 Å². The molecule has 3 aromatic heterocycles. The number of rotatable bonds is 7. The van der Waals surface area contributed by atoms with Crippen molar-refractivity contribution in [2.24, 2.45) is 0 Å². The van der Waals surface area contributed by atoms with Gasteiger partial charge in [-0.2, -0.15) is 15.2 Å². The van der Waals surface area contributed by atoms with Crippen LogP contribution >= 0.6 is 11.6 Å². The summed E-state index contributed by atoms with van der Waals surface area (Å²) in [6, 6.07) is 19.3. The molecule has 5 aromatic rings. The van der Waals surface area contributed by atoms with E-state index in [-0.39, 0.29) is 5.92 Å². The molecule has 0 saturated heterocycles. The predicted octanol–water partition coefficient (Wildman–Crippen LogP) is 6.11. The van der Waals surface area contributed by atoms with Crippen molar-refractivity contribution in [3.63, 3.8) is 0 Å². The molecule has 0 amide bonds. The summed E-state index contributed by atoms with van der Waals surface area (Å²) in [5.74, 6) is 0.640. The summed E-state index contributed by atoms with van der Waals surface area (Å²) >= 11 is 6.10. The molecular weight excluding hydrogens is 474 g/mol. The summed E-state index contributed by atoms with van der Waals surface area (Å²) in [5.41, 5.74) is 6.44. The first kappa shape index (κ1) is 24.0. The van der Waals surface area contributed by atoms with Crippen molar-refractivity contribution in [2.75, 3.05) is 7.11 Å². The standard InChI is InChI=1S/C28H28ClN5O2/c1-17(2)26-18(3)34(23-13-14-25(29)30-28(23)36-4)32-27(26)20-11-8-12-22-21(20)15-33(31-22)16-24(35)19-9-6-5-7-10-19/h5-15,17,24,35H,16H2,1-4H3/t24-/m0/s1. The number of fused-ring (bicyclic) bond motifs is 1. The molecule has 1 atom stereocenters. The molecule has 0 aliphatic carbocycles. The van der Waals surface area contributed by atoms with Gasteiger partial charge >= 0.3 is 0 Å². The van der Waals surface area contributed by atoms with E-state index in [1.165, 1.54) is 0 Å². The van der Waals surface area contributed by atoms with E-state index >= 15 is 0 Å². The zero-order valence-corrected chi connectivity index (χ0v) is 21.4. The molecule has 1 N–H and O–H groups in total. The zero-order chi connectivity index (χ0) is 25.4. The normalized spacial score (nSPS) is 12.4. The third kappa shape index (κ3) is 4.36. The highest BCUT2D eigenvalue weighted by Crippen LogP contribution is 2.37. The highest BCUT2D eigenvalue weighted by atomic mass is 35.5. The third-order valence-electron chi connectivity index (χ3n) is 6.36. The average Bonchev–Trinajstić information content (AvgIpc) is 3.44. The van der Waals surface area contributed by atoms with Crippen LogP contribution < -0.4 is 4.74 Å². The lowest BCUT2D eigenvalue weighted by Crippen LogP contribution is -2.08. The Morgan fingerprint density at radius 3 is 2.50 bits per heavy atom. The van der Waals surface area contributed by atoms with Crippen molar-refractivity contribution >= 4 is 22.5 Å². The van der Waals surface area contributed by atoms with E-state index in [0.717, 1.165) is 44.7 Å². The maximum absolute atomic E-state index is 10.7. The monoisotopic (exact) mass is 501 g/mol. The van der Waals surface area contributed by atoms with Gasteiger partial charge in [0.15, 0.2) is 0 Å². The van der Waals surface area contributed by atoms with Gasteiger partial charge in [0.25, 0.3) is 0 Å². The van der Waals surface area contributed by atoms with Crippen LogP contribution in [0.2, 0.25) is 5.15 Å². The number of aliphatic hydroxyl groups is 1. The van der Waals surface area contributed by atoms with Crippen molar-refractivity contribution in [2.45, 2.75) is 39.3 Å². The highest BCUT2D eigenvalue weighted by molar-refractivity contribution is 6.29. The molecule has 0 aliphatic heterocycles. The smallest absolute Gasteiger partial charge is 0.241 e. The molecule has 0 fully saturated rings. The van der Waals surface area contributed by atoms with E-state index in [9.17, 15) is 5.11 Å². The van der Waals surface area contributed by atoms with Gasteiger partial charge in [0.05, 0.1) is 31.0 Å². The zero-order valence-electron chi connectivity index (χ0n) is 20.7. The van der Waals surface area contributed by atoms with Crippen LogP contribution in [0.1, 0.15) is 42.7 Å². The predicted molar refractivity (Wildman–Crippen MR) is 142 cm³/mol. The average molecular weight is 502 g/mol. The van der Waals surface area contributed by atoms with Crippen LogP contribution in [0.15, 0.2) is 66.9 Å². The Labute approximate surface area is 214 Å². The number of hydrogen-bond acceptors (Lipinski definition) is 5. The van der Waals surface area contributed by atoms with Gasteiger partial charge in [-0.05, 0) is 36.6 Å². The van der Waals surface area contributed by atoms with Crippen molar-refractivity contribution in [3.05, 3.63) is 88.8 Å². The lowest BCUT2D eigenvalue weighted by molar-refractivity contribution is 0.152. The summed E-state index contributed by atoms with van der Waals surface area (Å²) in [6.07, 6.45) is 1.33. The number of hydrogen-bond donors (Lipinski definition) is 1. The Kier molecular flexibility index (Phi) is 6.51. The van der Waals surface area contributed by atoms with E-state index in [0.29, 0.717) is 17.6 Å². The molecule has 0 saturated carbocycles. The number of methoxy groups -OCH3 is 1. The van der Waals surface area contributed by atoms with E-state index in [1.807, 2.05) is 59.4 Å². The summed E-state index contributed by atoms with van der Waals surface area (Å²) in [5, 5.41) is 21.9. The van der Waals surface area contributed by atoms with E-state index < -0.39 is 6.10 Å². The molecular formula is C28H28ClN5O2. The molecule has 5 rings (SSSR count). The van der Waals surface area contributed by atoms with Gasteiger partial charge in [-0.25, -0.2) is 4.68 Å². The number of ether oxygens (including phenoxy) is 1. The second kappa shape index (κ2) is 9.76. The number of pyridine rings is 1. The minimum atomic E-state index is -0.651. The molecule has 0 aliphatic rings. The maximum atomic E-state index is 10.7. The van der Waals surface area contributed by atoms with Crippen molar-refractivity contribution in [1.82, 2.24) is 24.5 Å². The first-order chi connectivity index (χ1) is 17.4. The van der Waals surface area contributed by atoms with Gasteiger partial charge in [-0.3, -0.25) is 4.68 Å². The molecule has 184 valence electrons. The second-order valence-corrected chi connectivity index (χ2v) is 9.48.